The van der Waals surface area contributed by atoms with Crippen LogP contribution in [-0.2, 0) is 4.74 Å². The van der Waals surface area contributed by atoms with Gasteiger partial charge in [-0.05, 0) is 6.07 Å². The highest BCUT2D eigenvalue weighted by molar-refractivity contribution is 7.20. The summed E-state index contributed by atoms with van der Waals surface area (Å²) in [5.41, 5.74) is 1.84. The molecule has 3 heterocycles. The Balaban J connectivity index is 1.87. The average Bonchev–Trinajstić information content (AvgIpc) is 3.08. The maximum Gasteiger partial charge on any atom is 0.214 e. The molecule has 0 unspecified atom stereocenters. The van der Waals surface area contributed by atoms with Gasteiger partial charge in [0.15, 0.2) is 0 Å². The second-order valence-electron chi connectivity index (χ2n) is 4.25. The van der Waals surface area contributed by atoms with E-state index in [4.69, 9.17) is 9.47 Å². The first-order valence-corrected chi connectivity index (χ1v) is 7.21. The topological polar surface area (TPSA) is 73.6 Å². The number of methoxy groups -OCH3 is 2. The lowest BCUT2D eigenvalue weighted by molar-refractivity contribution is 0.210. The molecule has 0 spiro atoms. The van der Waals surface area contributed by atoms with E-state index in [0.29, 0.717) is 19.0 Å². The molecule has 0 amide bonds. The van der Waals surface area contributed by atoms with Crippen molar-refractivity contribution in [2.45, 2.75) is 0 Å². The summed E-state index contributed by atoms with van der Waals surface area (Å²) < 4.78 is 11.9. The van der Waals surface area contributed by atoms with Gasteiger partial charge in [0.25, 0.3) is 0 Å². The van der Waals surface area contributed by atoms with E-state index in [9.17, 15) is 0 Å². The van der Waals surface area contributed by atoms with E-state index < -0.39 is 0 Å². The van der Waals surface area contributed by atoms with Crippen molar-refractivity contribution in [3.05, 3.63) is 24.5 Å². The number of hydrogen-bond acceptors (Lipinski definition) is 7. The van der Waals surface area contributed by atoms with Gasteiger partial charge in [-0.3, -0.25) is 0 Å². The molecule has 0 aromatic carbocycles. The molecule has 3 rings (SSSR count). The predicted molar refractivity (Wildman–Crippen MR) is 81.0 cm³/mol. The Hall–Kier alpha value is -2.19. The molecule has 0 saturated heterocycles. The average molecular weight is 305 g/mol. The highest BCUT2D eigenvalue weighted by Crippen LogP contribution is 2.26. The van der Waals surface area contributed by atoms with Crippen LogP contribution in [0.4, 0.5) is 5.13 Å². The minimum Gasteiger partial charge on any atom is -0.481 e. The third-order valence-electron chi connectivity index (χ3n) is 2.91. The fourth-order valence-corrected chi connectivity index (χ4v) is 2.67. The maximum atomic E-state index is 5.06. The van der Waals surface area contributed by atoms with Crippen LogP contribution in [-0.4, -0.2) is 47.0 Å². The molecular formula is C13H15N5O2S. The van der Waals surface area contributed by atoms with Gasteiger partial charge in [-0.1, -0.05) is 11.3 Å². The Bertz CT molecular complexity index is 722. The molecule has 3 aromatic heterocycles. The van der Waals surface area contributed by atoms with Crippen LogP contribution in [0.25, 0.3) is 16.2 Å². The second-order valence-corrected chi connectivity index (χ2v) is 5.21. The van der Waals surface area contributed by atoms with Gasteiger partial charge in [-0.2, -0.15) is 0 Å². The number of nitrogens with zero attached hydrogens (tertiary/aromatic N) is 4. The number of aromatic nitrogens is 4. The Morgan fingerprint density at radius 2 is 2.14 bits per heavy atom. The number of fused-ring (bicyclic) bond motifs is 1. The maximum absolute atomic E-state index is 5.06. The van der Waals surface area contributed by atoms with Crippen LogP contribution >= 0.6 is 11.3 Å². The molecular weight excluding hydrogens is 290 g/mol. The van der Waals surface area contributed by atoms with E-state index in [1.807, 2.05) is 16.6 Å². The lowest BCUT2D eigenvalue weighted by Gasteiger charge is -2.01. The van der Waals surface area contributed by atoms with Crippen LogP contribution < -0.4 is 10.1 Å². The monoisotopic (exact) mass is 305 g/mol. The number of hydrogen-bond donors (Lipinski definition) is 1. The molecule has 0 bridgehead atoms. The normalized spacial score (nSPS) is 11.0. The van der Waals surface area contributed by atoms with Crippen molar-refractivity contribution in [3.63, 3.8) is 0 Å². The smallest absolute Gasteiger partial charge is 0.214 e. The summed E-state index contributed by atoms with van der Waals surface area (Å²) in [6.45, 7) is 1.35. The number of imidazole rings is 1. The number of nitrogens with one attached hydrogen (secondary N) is 1. The number of anilines is 1. The number of pyridine rings is 1. The first-order chi connectivity index (χ1) is 10.3. The van der Waals surface area contributed by atoms with Crippen molar-refractivity contribution in [2.75, 3.05) is 32.7 Å². The Kier molecular flexibility index (Phi) is 3.98. The van der Waals surface area contributed by atoms with Gasteiger partial charge in [0.2, 0.25) is 16.0 Å². The van der Waals surface area contributed by atoms with Crippen molar-refractivity contribution in [3.8, 4) is 17.1 Å². The van der Waals surface area contributed by atoms with E-state index in [1.54, 1.807) is 26.6 Å². The lowest BCUT2D eigenvalue weighted by Crippen LogP contribution is -2.07. The van der Waals surface area contributed by atoms with Crippen molar-refractivity contribution < 1.29 is 9.47 Å². The summed E-state index contributed by atoms with van der Waals surface area (Å²) in [7, 11) is 3.27. The molecule has 1 N–H and O–H groups in total. The Morgan fingerprint density at radius 1 is 1.24 bits per heavy atom. The van der Waals surface area contributed by atoms with Gasteiger partial charge in [-0.25, -0.2) is 14.5 Å². The number of rotatable bonds is 6. The molecule has 0 fully saturated rings. The zero-order chi connectivity index (χ0) is 14.7. The highest BCUT2D eigenvalue weighted by atomic mass is 32.1. The molecule has 0 atom stereocenters. The van der Waals surface area contributed by atoms with E-state index >= 15 is 0 Å². The minimum absolute atomic E-state index is 0.583. The van der Waals surface area contributed by atoms with E-state index in [1.165, 1.54) is 11.3 Å². The summed E-state index contributed by atoms with van der Waals surface area (Å²) in [5, 5.41) is 8.53. The Labute approximate surface area is 125 Å². The van der Waals surface area contributed by atoms with E-state index in [-0.39, 0.29) is 0 Å². The molecule has 0 aliphatic carbocycles. The fraction of sp³-hybridized carbons (Fsp3) is 0.308. The number of ether oxygens (including phenoxy) is 2. The molecule has 0 aliphatic rings. The van der Waals surface area contributed by atoms with E-state index in [0.717, 1.165) is 21.3 Å². The molecule has 7 nitrogen and oxygen atoms in total. The lowest BCUT2D eigenvalue weighted by atomic mass is 10.2. The van der Waals surface area contributed by atoms with Crippen LogP contribution in [0.3, 0.4) is 0 Å². The summed E-state index contributed by atoms with van der Waals surface area (Å²) in [4.78, 5) is 9.42. The SMILES string of the molecule is COCCNc1nn2c(-c3ccc(OC)nc3)cnc2s1. The van der Waals surface area contributed by atoms with Gasteiger partial charge in [-0.15, -0.1) is 5.10 Å². The zero-order valence-electron chi connectivity index (χ0n) is 11.7. The zero-order valence-corrected chi connectivity index (χ0v) is 12.6. The van der Waals surface area contributed by atoms with Crippen molar-refractivity contribution in [1.82, 2.24) is 19.6 Å². The quantitative estimate of drug-likeness (QED) is 0.701. The first kappa shape index (κ1) is 13.8. The van der Waals surface area contributed by atoms with Crippen molar-refractivity contribution in [1.29, 1.82) is 0 Å². The first-order valence-electron chi connectivity index (χ1n) is 6.39. The van der Waals surface area contributed by atoms with Gasteiger partial charge >= 0.3 is 0 Å². The summed E-state index contributed by atoms with van der Waals surface area (Å²) in [6, 6.07) is 3.76. The molecule has 0 radical (unpaired) electrons. The molecule has 0 saturated carbocycles. The van der Waals surface area contributed by atoms with Crippen LogP contribution in [0.1, 0.15) is 0 Å². The van der Waals surface area contributed by atoms with Gasteiger partial charge in [0.05, 0.1) is 25.6 Å². The molecule has 21 heavy (non-hydrogen) atoms. The van der Waals surface area contributed by atoms with Gasteiger partial charge in [0, 0.05) is 31.5 Å². The highest BCUT2D eigenvalue weighted by Gasteiger charge is 2.11. The predicted octanol–water partition coefficient (Wildman–Crippen LogP) is 1.92. The Morgan fingerprint density at radius 3 is 2.86 bits per heavy atom. The van der Waals surface area contributed by atoms with Crippen LogP contribution in [0.15, 0.2) is 24.5 Å². The third kappa shape index (κ3) is 2.81. The summed E-state index contributed by atoms with van der Waals surface area (Å²) >= 11 is 1.50. The van der Waals surface area contributed by atoms with Crippen LogP contribution in [0.2, 0.25) is 0 Å². The van der Waals surface area contributed by atoms with E-state index in [2.05, 4.69) is 20.4 Å². The summed E-state index contributed by atoms with van der Waals surface area (Å²) in [6.07, 6.45) is 3.54. The molecule has 110 valence electrons. The minimum atomic E-state index is 0.583. The van der Waals surface area contributed by atoms with Gasteiger partial charge in [0.1, 0.15) is 0 Å². The summed E-state index contributed by atoms with van der Waals surface area (Å²) in [5.74, 6) is 0.583. The third-order valence-corrected chi connectivity index (χ3v) is 3.79. The van der Waals surface area contributed by atoms with Crippen molar-refractivity contribution in [2.24, 2.45) is 0 Å². The molecule has 0 aliphatic heterocycles. The molecule has 8 heteroatoms. The largest absolute Gasteiger partial charge is 0.481 e. The second kappa shape index (κ2) is 6.06. The fourth-order valence-electron chi connectivity index (χ4n) is 1.87. The van der Waals surface area contributed by atoms with Crippen molar-refractivity contribution >= 4 is 21.4 Å². The van der Waals surface area contributed by atoms with Gasteiger partial charge < -0.3 is 14.8 Å². The van der Waals surface area contributed by atoms with Crippen LogP contribution in [0, 0.1) is 0 Å². The standard InChI is InChI=1S/C13H15N5O2S/c1-19-6-5-14-12-17-18-10(8-16-13(18)21-12)9-3-4-11(20-2)15-7-9/h3-4,7-8H,5-6H2,1-2H3,(H,14,17). The molecule has 3 aromatic rings. The van der Waals surface area contributed by atoms with Crippen LogP contribution in [0.5, 0.6) is 5.88 Å².